The maximum atomic E-state index is 13.2. The van der Waals surface area contributed by atoms with Crippen molar-refractivity contribution in [2.45, 2.75) is 6.42 Å². The van der Waals surface area contributed by atoms with Crippen molar-refractivity contribution in [2.24, 2.45) is 5.73 Å². The molecule has 96 valence electrons. The van der Waals surface area contributed by atoms with Crippen LogP contribution in [0.5, 0.6) is 0 Å². The van der Waals surface area contributed by atoms with Crippen LogP contribution in [0.1, 0.15) is 6.42 Å². The molecule has 0 unspecified atom stereocenters. The van der Waals surface area contributed by atoms with E-state index < -0.39 is 16.0 Å². The van der Waals surface area contributed by atoms with Crippen LogP contribution >= 0.6 is 0 Å². The normalized spacial score (nSPS) is 11.8. The van der Waals surface area contributed by atoms with Crippen molar-refractivity contribution in [3.8, 4) is 0 Å². The van der Waals surface area contributed by atoms with Gasteiger partial charge in [0.2, 0.25) is 0 Å². The Hall–Kier alpha value is -1.25. The number of hydrogen-bond donors (Lipinski definition) is 2. The summed E-state index contributed by atoms with van der Waals surface area (Å²) >= 11 is 0. The van der Waals surface area contributed by atoms with E-state index in [2.05, 4.69) is 9.71 Å². The van der Waals surface area contributed by atoms with Crippen molar-refractivity contribution in [2.75, 3.05) is 24.9 Å². The lowest BCUT2D eigenvalue weighted by Gasteiger charge is -2.17. The minimum atomic E-state index is -3.75. The van der Waals surface area contributed by atoms with E-state index >= 15 is 0 Å². The lowest BCUT2D eigenvalue weighted by Crippen LogP contribution is -2.34. The van der Waals surface area contributed by atoms with Crippen LogP contribution < -0.4 is 10.5 Å². The zero-order valence-corrected chi connectivity index (χ0v) is 10.2. The molecule has 0 aliphatic rings. The summed E-state index contributed by atoms with van der Waals surface area (Å²) in [5, 5.41) is 0. The van der Waals surface area contributed by atoms with E-state index in [4.69, 9.17) is 5.73 Å². The highest BCUT2D eigenvalue weighted by Gasteiger charge is 2.18. The highest BCUT2D eigenvalue weighted by Crippen LogP contribution is 2.14. The summed E-state index contributed by atoms with van der Waals surface area (Å²) in [6.45, 7) is 0.669. The largest absolute Gasteiger partial charge is 0.330 e. The lowest BCUT2D eigenvalue weighted by atomic mass is 10.4. The summed E-state index contributed by atoms with van der Waals surface area (Å²) in [4.78, 5) is 3.53. The molecule has 0 aliphatic carbocycles. The van der Waals surface area contributed by atoms with E-state index in [-0.39, 0.29) is 12.2 Å². The molecule has 0 aromatic carbocycles. The SMILES string of the molecule is CN(CCCN)S(=O)(=O)Nc1ccncc1F. The number of nitrogens with one attached hydrogen (secondary N) is 1. The monoisotopic (exact) mass is 262 g/mol. The number of aromatic nitrogens is 1. The maximum absolute atomic E-state index is 13.2. The van der Waals surface area contributed by atoms with E-state index in [0.717, 1.165) is 10.5 Å². The van der Waals surface area contributed by atoms with Crippen LogP contribution in [0.25, 0.3) is 0 Å². The fraction of sp³-hybridized carbons (Fsp3) is 0.444. The van der Waals surface area contributed by atoms with Gasteiger partial charge in [-0.3, -0.25) is 9.71 Å². The van der Waals surface area contributed by atoms with Gasteiger partial charge in [0.25, 0.3) is 0 Å². The van der Waals surface area contributed by atoms with Crippen molar-refractivity contribution < 1.29 is 12.8 Å². The van der Waals surface area contributed by atoms with Gasteiger partial charge < -0.3 is 5.73 Å². The summed E-state index contributed by atoms with van der Waals surface area (Å²) < 4.78 is 39.9. The topological polar surface area (TPSA) is 88.3 Å². The summed E-state index contributed by atoms with van der Waals surface area (Å²) in [5.74, 6) is -0.719. The minimum Gasteiger partial charge on any atom is -0.330 e. The van der Waals surface area contributed by atoms with Gasteiger partial charge in [-0.15, -0.1) is 0 Å². The molecule has 0 amide bonds. The third-order valence-corrected chi connectivity index (χ3v) is 3.58. The summed E-state index contributed by atoms with van der Waals surface area (Å²) in [6.07, 6.45) is 2.79. The van der Waals surface area contributed by atoms with E-state index in [1.165, 1.54) is 19.3 Å². The molecule has 0 radical (unpaired) electrons. The number of anilines is 1. The molecule has 6 nitrogen and oxygen atoms in total. The molecule has 1 rings (SSSR count). The highest BCUT2D eigenvalue weighted by atomic mass is 32.2. The fourth-order valence-electron chi connectivity index (χ4n) is 1.11. The Morgan fingerprint density at radius 1 is 1.59 bits per heavy atom. The smallest absolute Gasteiger partial charge is 0.301 e. The van der Waals surface area contributed by atoms with Crippen molar-refractivity contribution in [3.63, 3.8) is 0 Å². The predicted molar refractivity (Wildman–Crippen MR) is 63.0 cm³/mol. The lowest BCUT2D eigenvalue weighted by molar-refractivity contribution is 0.468. The Kier molecular flexibility index (Phi) is 4.79. The number of hydrogen-bond acceptors (Lipinski definition) is 4. The molecular formula is C9H15FN4O2S. The van der Waals surface area contributed by atoms with Crippen LogP contribution in [-0.2, 0) is 10.2 Å². The van der Waals surface area contributed by atoms with E-state index in [1.54, 1.807) is 0 Å². The van der Waals surface area contributed by atoms with Crippen molar-refractivity contribution in [1.82, 2.24) is 9.29 Å². The fourth-order valence-corrected chi connectivity index (χ4v) is 2.08. The molecule has 0 bridgehead atoms. The number of halogens is 1. The molecule has 0 spiro atoms. The molecule has 0 atom stereocenters. The van der Waals surface area contributed by atoms with Crippen molar-refractivity contribution >= 4 is 15.9 Å². The van der Waals surface area contributed by atoms with Gasteiger partial charge in [0, 0.05) is 19.8 Å². The van der Waals surface area contributed by atoms with Crippen molar-refractivity contribution in [3.05, 3.63) is 24.3 Å². The quantitative estimate of drug-likeness (QED) is 0.764. The highest BCUT2D eigenvalue weighted by molar-refractivity contribution is 7.90. The first-order valence-corrected chi connectivity index (χ1v) is 6.45. The van der Waals surface area contributed by atoms with E-state index in [1.807, 2.05) is 0 Å². The van der Waals surface area contributed by atoms with Crippen LogP contribution in [-0.4, -0.2) is 37.8 Å². The van der Waals surface area contributed by atoms with Gasteiger partial charge in [0.1, 0.15) is 0 Å². The van der Waals surface area contributed by atoms with Gasteiger partial charge in [-0.2, -0.15) is 12.7 Å². The Morgan fingerprint density at radius 2 is 2.29 bits per heavy atom. The van der Waals surface area contributed by atoms with Gasteiger partial charge in [0.15, 0.2) is 5.82 Å². The molecule has 1 heterocycles. The third kappa shape index (κ3) is 3.91. The molecule has 0 aliphatic heterocycles. The van der Waals surface area contributed by atoms with Crippen LogP contribution in [0.2, 0.25) is 0 Å². The second kappa shape index (κ2) is 5.89. The number of pyridine rings is 1. The summed E-state index contributed by atoms with van der Waals surface area (Å²) in [5.41, 5.74) is 5.16. The summed E-state index contributed by atoms with van der Waals surface area (Å²) in [7, 11) is -2.35. The van der Waals surface area contributed by atoms with Crippen LogP contribution in [0.15, 0.2) is 18.5 Å². The maximum Gasteiger partial charge on any atom is 0.301 e. The molecule has 0 saturated heterocycles. The standard InChI is InChI=1S/C9H15FN4O2S/c1-14(6-2-4-11)17(15,16)13-9-3-5-12-7-8(9)10/h3,5,7H,2,4,6,11H2,1H3,(H,12,13). The third-order valence-electron chi connectivity index (χ3n) is 2.10. The zero-order valence-electron chi connectivity index (χ0n) is 9.43. The van der Waals surface area contributed by atoms with Gasteiger partial charge in [-0.1, -0.05) is 0 Å². The Labute approximate surface area is 99.8 Å². The number of nitrogens with two attached hydrogens (primary N) is 1. The molecule has 1 aromatic rings. The molecule has 0 fully saturated rings. The first-order chi connectivity index (χ1) is 7.97. The van der Waals surface area contributed by atoms with E-state index in [0.29, 0.717) is 13.0 Å². The van der Waals surface area contributed by atoms with Gasteiger partial charge in [-0.25, -0.2) is 4.39 Å². The Balaban J connectivity index is 2.76. The average Bonchev–Trinajstić information content (AvgIpc) is 2.28. The average molecular weight is 262 g/mol. The molecule has 3 N–H and O–H groups in total. The second-order valence-electron chi connectivity index (χ2n) is 3.43. The number of rotatable bonds is 6. The second-order valence-corrected chi connectivity index (χ2v) is 5.20. The van der Waals surface area contributed by atoms with Gasteiger partial charge in [0.05, 0.1) is 11.9 Å². The number of nitrogens with zero attached hydrogens (tertiary/aromatic N) is 2. The predicted octanol–water partition coefficient (Wildman–Crippen LogP) is 0.158. The van der Waals surface area contributed by atoms with Gasteiger partial charge in [-0.05, 0) is 19.0 Å². The van der Waals surface area contributed by atoms with Crippen LogP contribution in [0, 0.1) is 5.82 Å². The Bertz CT molecular complexity index is 466. The molecule has 8 heteroatoms. The van der Waals surface area contributed by atoms with Crippen LogP contribution in [0.4, 0.5) is 10.1 Å². The van der Waals surface area contributed by atoms with Crippen LogP contribution in [0.3, 0.4) is 0 Å². The first-order valence-electron chi connectivity index (χ1n) is 5.01. The first kappa shape index (κ1) is 13.8. The zero-order chi connectivity index (χ0) is 12.9. The molecular weight excluding hydrogens is 247 g/mol. The van der Waals surface area contributed by atoms with Gasteiger partial charge >= 0.3 is 10.2 Å². The van der Waals surface area contributed by atoms with E-state index in [9.17, 15) is 12.8 Å². The summed E-state index contributed by atoms with van der Waals surface area (Å²) in [6, 6.07) is 1.25. The molecule has 0 saturated carbocycles. The van der Waals surface area contributed by atoms with Crippen molar-refractivity contribution in [1.29, 1.82) is 0 Å². The minimum absolute atomic E-state index is 0.125. The molecule has 1 aromatic heterocycles. The molecule has 17 heavy (non-hydrogen) atoms. The Morgan fingerprint density at radius 3 is 2.88 bits per heavy atom.